The van der Waals surface area contributed by atoms with E-state index in [2.05, 4.69) is 27.7 Å². The molecule has 0 aromatic rings. The zero-order valence-corrected chi connectivity index (χ0v) is 13.4. The largest absolute Gasteiger partial charge is 0.393 e. The van der Waals surface area contributed by atoms with E-state index in [1.807, 2.05) is 13.8 Å². The Morgan fingerprint density at radius 2 is 0.833 bits per heavy atom. The molecule has 0 rings (SSSR count). The smallest absolute Gasteiger partial charge is 0.0512 e. The van der Waals surface area contributed by atoms with Crippen LogP contribution in [-0.2, 0) is 0 Å². The maximum atomic E-state index is 8.87. The highest BCUT2D eigenvalue weighted by atomic mass is 16.3. The molecule has 0 radical (unpaired) electrons. The maximum absolute atomic E-state index is 8.87. The normalized spacial score (nSPS) is 14.3. The third-order valence-electron chi connectivity index (χ3n) is 2.81. The van der Waals surface area contributed by atoms with Crippen LogP contribution in [-0.4, -0.2) is 22.4 Å². The lowest BCUT2D eigenvalue weighted by Gasteiger charge is -2.05. The van der Waals surface area contributed by atoms with E-state index in [4.69, 9.17) is 10.2 Å². The first-order chi connectivity index (χ1) is 8.25. The molecular weight excluding hydrogens is 224 g/mol. The third kappa shape index (κ3) is 24.9. The minimum atomic E-state index is -0.108. The van der Waals surface area contributed by atoms with E-state index in [1.165, 1.54) is 12.8 Å². The molecule has 0 amide bonds. The molecule has 0 aromatic carbocycles. The highest BCUT2D eigenvalue weighted by Crippen LogP contribution is 2.08. The number of hydrogen-bond acceptors (Lipinski definition) is 2. The second kappa shape index (κ2) is 13.4. The molecule has 2 heteroatoms. The minimum Gasteiger partial charge on any atom is -0.393 e. The van der Waals surface area contributed by atoms with Crippen molar-refractivity contribution in [2.24, 2.45) is 11.8 Å². The summed E-state index contributed by atoms with van der Waals surface area (Å²) >= 11 is 0. The Bertz CT molecular complexity index is 117. The molecular formula is C16H36O2. The Kier molecular flexibility index (Phi) is 15.0. The number of rotatable bonds is 8. The fraction of sp³-hybridized carbons (Fsp3) is 1.00. The Labute approximate surface area is 115 Å². The van der Waals surface area contributed by atoms with Gasteiger partial charge >= 0.3 is 0 Å². The van der Waals surface area contributed by atoms with Gasteiger partial charge in [-0.1, -0.05) is 53.4 Å². The predicted molar refractivity (Wildman–Crippen MR) is 80.7 cm³/mol. The topological polar surface area (TPSA) is 40.5 Å². The average Bonchev–Trinajstić information content (AvgIpc) is 2.15. The van der Waals surface area contributed by atoms with Crippen LogP contribution in [0.15, 0.2) is 0 Å². The molecule has 18 heavy (non-hydrogen) atoms. The van der Waals surface area contributed by atoms with Crippen LogP contribution in [0, 0.1) is 11.8 Å². The summed E-state index contributed by atoms with van der Waals surface area (Å²) in [6, 6.07) is 0. The Morgan fingerprint density at radius 3 is 1.00 bits per heavy atom. The lowest BCUT2D eigenvalue weighted by Crippen LogP contribution is -1.99. The molecule has 2 unspecified atom stereocenters. The molecule has 0 spiro atoms. The molecule has 0 aliphatic carbocycles. The molecule has 0 bridgehead atoms. The van der Waals surface area contributed by atoms with Crippen molar-refractivity contribution in [1.82, 2.24) is 0 Å². The predicted octanol–water partition coefficient (Wildman–Crippen LogP) is 4.39. The monoisotopic (exact) mass is 260 g/mol. The van der Waals surface area contributed by atoms with Crippen molar-refractivity contribution in [1.29, 1.82) is 0 Å². The van der Waals surface area contributed by atoms with E-state index in [0.717, 1.165) is 37.5 Å². The van der Waals surface area contributed by atoms with Crippen molar-refractivity contribution < 1.29 is 10.2 Å². The summed E-state index contributed by atoms with van der Waals surface area (Å²) in [4.78, 5) is 0. The SMILES string of the molecule is CC(C)CCCC(C)O.CC(C)CCCC(C)O. The highest BCUT2D eigenvalue weighted by molar-refractivity contribution is 4.50. The van der Waals surface area contributed by atoms with Crippen molar-refractivity contribution in [3.63, 3.8) is 0 Å². The summed E-state index contributed by atoms with van der Waals surface area (Å²) in [5, 5.41) is 17.7. The first kappa shape index (κ1) is 20.2. The van der Waals surface area contributed by atoms with E-state index in [0.29, 0.717) is 0 Å². The molecule has 0 saturated heterocycles. The summed E-state index contributed by atoms with van der Waals surface area (Å²) in [5.41, 5.74) is 0. The first-order valence-electron chi connectivity index (χ1n) is 7.61. The van der Waals surface area contributed by atoms with Crippen LogP contribution in [0.25, 0.3) is 0 Å². The van der Waals surface area contributed by atoms with Gasteiger partial charge in [-0.05, 0) is 38.5 Å². The van der Waals surface area contributed by atoms with Gasteiger partial charge < -0.3 is 10.2 Å². The molecule has 0 aromatic heterocycles. The first-order valence-corrected chi connectivity index (χ1v) is 7.61. The average molecular weight is 260 g/mol. The molecule has 0 saturated carbocycles. The van der Waals surface area contributed by atoms with E-state index in [9.17, 15) is 0 Å². The minimum absolute atomic E-state index is 0.108. The van der Waals surface area contributed by atoms with Gasteiger partial charge in [0, 0.05) is 0 Å². The molecule has 0 aliphatic heterocycles. The van der Waals surface area contributed by atoms with Crippen LogP contribution in [0.2, 0.25) is 0 Å². The molecule has 0 aliphatic rings. The van der Waals surface area contributed by atoms with Gasteiger partial charge in [-0.3, -0.25) is 0 Å². The fourth-order valence-corrected chi connectivity index (χ4v) is 1.64. The van der Waals surface area contributed by atoms with E-state index in [-0.39, 0.29) is 12.2 Å². The van der Waals surface area contributed by atoms with Crippen molar-refractivity contribution in [2.75, 3.05) is 0 Å². The van der Waals surface area contributed by atoms with Gasteiger partial charge in [0.2, 0.25) is 0 Å². The molecule has 0 fully saturated rings. The molecule has 0 heterocycles. The molecule has 2 N–H and O–H groups in total. The second-order valence-corrected chi connectivity index (χ2v) is 6.35. The second-order valence-electron chi connectivity index (χ2n) is 6.35. The molecule has 112 valence electrons. The Morgan fingerprint density at radius 1 is 0.556 bits per heavy atom. The third-order valence-corrected chi connectivity index (χ3v) is 2.81. The van der Waals surface area contributed by atoms with Gasteiger partial charge in [-0.15, -0.1) is 0 Å². The zero-order chi connectivity index (χ0) is 14.6. The van der Waals surface area contributed by atoms with Crippen molar-refractivity contribution in [3.8, 4) is 0 Å². The summed E-state index contributed by atoms with van der Waals surface area (Å²) in [6.45, 7) is 12.5. The highest BCUT2D eigenvalue weighted by Gasteiger charge is 1.97. The Balaban J connectivity index is 0. The van der Waals surface area contributed by atoms with E-state index >= 15 is 0 Å². The van der Waals surface area contributed by atoms with E-state index in [1.54, 1.807) is 0 Å². The fourth-order valence-electron chi connectivity index (χ4n) is 1.64. The van der Waals surface area contributed by atoms with Gasteiger partial charge in [-0.25, -0.2) is 0 Å². The summed E-state index contributed by atoms with van der Waals surface area (Å²) < 4.78 is 0. The molecule has 2 atom stereocenters. The van der Waals surface area contributed by atoms with Crippen LogP contribution in [0.3, 0.4) is 0 Å². The summed E-state index contributed by atoms with van der Waals surface area (Å²) in [5.74, 6) is 1.56. The Hall–Kier alpha value is -0.0800. The van der Waals surface area contributed by atoms with Crippen molar-refractivity contribution in [2.45, 2.75) is 92.3 Å². The van der Waals surface area contributed by atoms with Gasteiger partial charge in [0.05, 0.1) is 12.2 Å². The lowest BCUT2D eigenvalue weighted by atomic mass is 10.1. The number of hydrogen-bond donors (Lipinski definition) is 2. The van der Waals surface area contributed by atoms with E-state index < -0.39 is 0 Å². The van der Waals surface area contributed by atoms with Gasteiger partial charge in [0.25, 0.3) is 0 Å². The van der Waals surface area contributed by atoms with Crippen LogP contribution >= 0.6 is 0 Å². The van der Waals surface area contributed by atoms with Gasteiger partial charge in [0.15, 0.2) is 0 Å². The van der Waals surface area contributed by atoms with Gasteiger partial charge in [-0.2, -0.15) is 0 Å². The maximum Gasteiger partial charge on any atom is 0.0512 e. The van der Waals surface area contributed by atoms with Crippen molar-refractivity contribution in [3.05, 3.63) is 0 Å². The summed E-state index contributed by atoms with van der Waals surface area (Å²) in [6.07, 6.45) is 6.50. The standard InChI is InChI=1S/2C8H18O/c2*1-7(2)5-4-6-8(3)9/h2*7-9H,4-6H2,1-3H3. The summed E-state index contributed by atoms with van der Waals surface area (Å²) in [7, 11) is 0. The van der Waals surface area contributed by atoms with Crippen LogP contribution in [0.1, 0.15) is 80.1 Å². The van der Waals surface area contributed by atoms with Crippen molar-refractivity contribution >= 4 is 0 Å². The zero-order valence-electron chi connectivity index (χ0n) is 13.4. The number of aliphatic hydroxyl groups is 2. The van der Waals surface area contributed by atoms with Crippen LogP contribution < -0.4 is 0 Å². The van der Waals surface area contributed by atoms with Crippen LogP contribution in [0.5, 0.6) is 0 Å². The van der Waals surface area contributed by atoms with Gasteiger partial charge in [0.1, 0.15) is 0 Å². The van der Waals surface area contributed by atoms with Crippen LogP contribution in [0.4, 0.5) is 0 Å². The lowest BCUT2D eigenvalue weighted by molar-refractivity contribution is 0.178. The molecule has 2 nitrogen and oxygen atoms in total. The number of aliphatic hydroxyl groups excluding tert-OH is 2. The quantitative estimate of drug-likeness (QED) is 0.679.